The molecule has 1 aromatic carbocycles. The molecular weight excluding hydrogens is 250 g/mol. The van der Waals surface area contributed by atoms with Crippen LogP contribution in [0.5, 0.6) is 0 Å². The molecule has 0 spiro atoms. The third kappa shape index (κ3) is 2.34. The lowest BCUT2D eigenvalue weighted by Crippen LogP contribution is -1.86. The van der Waals surface area contributed by atoms with E-state index in [0.717, 1.165) is 11.1 Å². The van der Waals surface area contributed by atoms with Crippen molar-refractivity contribution in [3.05, 3.63) is 71.0 Å². The lowest BCUT2D eigenvalue weighted by atomic mass is 10.0. The van der Waals surface area contributed by atoms with Crippen LogP contribution in [0.25, 0.3) is 5.57 Å². The van der Waals surface area contributed by atoms with Gasteiger partial charge in [0, 0.05) is 12.4 Å². The lowest BCUT2D eigenvalue weighted by Gasteiger charge is -2.05. The van der Waals surface area contributed by atoms with E-state index < -0.39 is 0 Å². The van der Waals surface area contributed by atoms with Crippen molar-refractivity contribution in [2.75, 3.05) is 0 Å². The number of rotatable bonds is 2. The number of hydrogen-bond donors (Lipinski definition) is 0. The Morgan fingerprint density at radius 3 is 2.13 bits per heavy atom. The lowest BCUT2D eigenvalue weighted by molar-refractivity contribution is 1.32. The highest BCUT2D eigenvalue weighted by Crippen LogP contribution is 2.23. The van der Waals surface area contributed by atoms with E-state index in [1.807, 2.05) is 35.3 Å². The molecule has 0 amide bonds. The molecule has 74 valence electrons. The van der Waals surface area contributed by atoms with Gasteiger partial charge in [-0.3, -0.25) is 4.98 Å². The van der Waals surface area contributed by atoms with Crippen molar-refractivity contribution in [3.63, 3.8) is 0 Å². The number of pyridine rings is 1. The number of benzene rings is 1. The Morgan fingerprint density at radius 1 is 0.933 bits per heavy atom. The van der Waals surface area contributed by atoms with Crippen LogP contribution in [-0.2, 0) is 0 Å². The smallest absolute Gasteiger partial charge is 0.0273 e. The fourth-order valence-electron chi connectivity index (χ4n) is 1.44. The molecule has 2 heteroatoms. The Labute approximate surface area is 97.6 Å². The van der Waals surface area contributed by atoms with Crippen LogP contribution >= 0.6 is 15.9 Å². The van der Waals surface area contributed by atoms with Crippen LogP contribution < -0.4 is 0 Å². The zero-order valence-corrected chi connectivity index (χ0v) is 9.68. The van der Waals surface area contributed by atoms with Gasteiger partial charge in [0.25, 0.3) is 0 Å². The first-order valence-corrected chi connectivity index (χ1v) is 5.59. The molecular formula is C13H10BrN. The second-order valence-corrected chi connectivity index (χ2v) is 3.58. The summed E-state index contributed by atoms with van der Waals surface area (Å²) < 4.78 is 0. The predicted octanol–water partition coefficient (Wildman–Crippen LogP) is 3.87. The van der Waals surface area contributed by atoms with Crippen molar-refractivity contribution >= 4 is 21.5 Å². The Kier molecular flexibility index (Phi) is 3.30. The zero-order chi connectivity index (χ0) is 10.5. The minimum absolute atomic E-state index is 1.16. The summed E-state index contributed by atoms with van der Waals surface area (Å²) in [5, 5.41) is 0. The predicted molar refractivity (Wildman–Crippen MR) is 66.7 cm³/mol. The first kappa shape index (κ1) is 10.1. The van der Waals surface area contributed by atoms with Crippen LogP contribution in [0.4, 0.5) is 0 Å². The molecule has 0 N–H and O–H groups in total. The van der Waals surface area contributed by atoms with Gasteiger partial charge in [-0.1, -0.05) is 46.3 Å². The number of nitrogens with zero attached hydrogens (tertiary/aromatic N) is 1. The van der Waals surface area contributed by atoms with E-state index in [4.69, 9.17) is 0 Å². The largest absolute Gasteiger partial charge is 0.265 e. The van der Waals surface area contributed by atoms with Crippen molar-refractivity contribution in [2.24, 2.45) is 0 Å². The fourth-order valence-corrected chi connectivity index (χ4v) is 1.97. The van der Waals surface area contributed by atoms with Gasteiger partial charge in [-0.25, -0.2) is 0 Å². The third-order valence-corrected chi connectivity index (χ3v) is 2.64. The standard InChI is InChI=1S/C13H10BrN/c14-10-13(11-4-2-1-3-5-11)12-6-8-15-9-7-12/h1-10H/b13-10+. The van der Waals surface area contributed by atoms with Crippen LogP contribution in [-0.4, -0.2) is 4.98 Å². The van der Waals surface area contributed by atoms with Crippen LogP contribution in [0.15, 0.2) is 59.8 Å². The zero-order valence-electron chi connectivity index (χ0n) is 8.10. The highest BCUT2D eigenvalue weighted by atomic mass is 79.9. The van der Waals surface area contributed by atoms with Crippen molar-refractivity contribution in [3.8, 4) is 0 Å². The van der Waals surface area contributed by atoms with E-state index in [2.05, 4.69) is 33.0 Å². The summed E-state index contributed by atoms with van der Waals surface area (Å²) in [4.78, 5) is 5.96. The van der Waals surface area contributed by atoms with Gasteiger partial charge in [0.2, 0.25) is 0 Å². The third-order valence-electron chi connectivity index (χ3n) is 2.19. The van der Waals surface area contributed by atoms with Gasteiger partial charge < -0.3 is 0 Å². The second kappa shape index (κ2) is 4.89. The van der Waals surface area contributed by atoms with Gasteiger partial charge in [0.15, 0.2) is 0 Å². The van der Waals surface area contributed by atoms with E-state index in [1.54, 1.807) is 12.4 Å². The Morgan fingerprint density at radius 2 is 1.53 bits per heavy atom. The topological polar surface area (TPSA) is 12.9 Å². The molecule has 1 nitrogen and oxygen atoms in total. The second-order valence-electron chi connectivity index (χ2n) is 3.12. The molecule has 0 aliphatic carbocycles. The van der Waals surface area contributed by atoms with Crippen LogP contribution in [0, 0.1) is 0 Å². The average molecular weight is 260 g/mol. The molecule has 2 rings (SSSR count). The average Bonchev–Trinajstić information content (AvgIpc) is 2.33. The summed E-state index contributed by atoms with van der Waals surface area (Å²) in [6.45, 7) is 0. The number of aromatic nitrogens is 1. The maximum atomic E-state index is 4.01. The molecule has 0 radical (unpaired) electrons. The molecule has 0 unspecified atom stereocenters. The molecule has 0 aliphatic rings. The molecule has 15 heavy (non-hydrogen) atoms. The highest BCUT2D eigenvalue weighted by Gasteiger charge is 2.02. The van der Waals surface area contributed by atoms with E-state index in [1.165, 1.54) is 5.56 Å². The Hall–Kier alpha value is -1.41. The summed E-state index contributed by atoms with van der Waals surface area (Å²) in [5.74, 6) is 0. The molecule has 0 saturated carbocycles. The van der Waals surface area contributed by atoms with Gasteiger partial charge >= 0.3 is 0 Å². The van der Waals surface area contributed by atoms with E-state index in [9.17, 15) is 0 Å². The van der Waals surface area contributed by atoms with Gasteiger partial charge in [-0.2, -0.15) is 0 Å². The molecule has 2 aromatic rings. The molecule has 0 bridgehead atoms. The Bertz CT molecular complexity index is 407. The number of halogens is 1. The maximum absolute atomic E-state index is 4.01. The SMILES string of the molecule is Br/C=C(\c1ccccc1)c1ccncc1. The van der Waals surface area contributed by atoms with E-state index in [-0.39, 0.29) is 0 Å². The maximum Gasteiger partial charge on any atom is 0.0273 e. The summed E-state index contributed by atoms with van der Waals surface area (Å²) in [6.07, 6.45) is 3.60. The highest BCUT2D eigenvalue weighted by molar-refractivity contribution is 9.11. The van der Waals surface area contributed by atoms with Crippen molar-refractivity contribution in [2.45, 2.75) is 0 Å². The summed E-state index contributed by atoms with van der Waals surface area (Å²) in [7, 11) is 0. The molecule has 0 atom stereocenters. The van der Waals surface area contributed by atoms with Gasteiger partial charge in [0.1, 0.15) is 0 Å². The van der Waals surface area contributed by atoms with Crippen molar-refractivity contribution in [1.29, 1.82) is 0 Å². The number of hydrogen-bond acceptors (Lipinski definition) is 1. The quantitative estimate of drug-likeness (QED) is 0.798. The summed E-state index contributed by atoms with van der Waals surface area (Å²) in [5.41, 5.74) is 3.52. The molecule has 0 saturated heterocycles. The first-order valence-electron chi connectivity index (χ1n) is 4.68. The van der Waals surface area contributed by atoms with E-state index >= 15 is 0 Å². The van der Waals surface area contributed by atoms with Gasteiger partial charge in [0.05, 0.1) is 0 Å². The van der Waals surface area contributed by atoms with Crippen LogP contribution in [0.3, 0.4) is 0 Å². The fraction of sp³-hybridized carbons (Fsp3) is 0. The van der Waals surface area contributed by atoms with Crippen molar-refractivity contribution in [1.82, 2.24) is 4.98 Å². The summed E-state index contributed by atoms with van der Waals surface area (Å²) >= 11 is 3.41. The normalized spacial score (nSPS) is 11.4. The van der Waals surface area contributed by atoms with Gasteiger partial charge in [-0.15, -0.1) is 0 Å². The van der Waals surface area contributed by atoms with Crippen LogP contribution in [0.2, 0.25) is 0 Å². The van der Waals surface area contributed by atoms with E-state index in [0.29, 0.717) is 0 Å². The molecule has 0 fully saturated rings. The molecule has 1 heterocycles. The van der Waals surface area contributed by atoms with Crippen molar-refractivity contribution < 1.29 is 0 Å². The van der Waals surface area contributed by atoms with Crippen LogP contribution in [0.1, 0.15) is 11.1 Å². The monoisotopic (exact) mass is 259 g/mol. The Balaban J connectivity index is 2.44. The minimum atomic E-state index is 1.16. The van der Waals surface area contributed by atoms with Gasteiger partial charge in [-0.05, 0) is 33.8 Å². The molecule has 0 aliphatic heterocycles. The molecule has 1 aromatic heterocycles. The first-order chi connectivity index (χ1) is 7.42. The minimum Gasteiger partial charge on any atom is -0.265 e. The summed E-state index contributed by atoms with van der Waals surface area (Å²) in [6, 6.07) is 14.3.